The van der Waals surface area contributed by atoms with Crippen molar-refractivity contribution in [2.45, 2.75) is 39.3 Å². The molecule has 0 aliphatic carbocycles. The minimum atomic E-state index is -0.526. The highest BCUT2D eigenvalue weighted by molar-refractivity contribution is 9.10. The number of amides is 1. The van der Waals surface area contributed by atoms with Crippen LogP contribution in [0.15, 0.2) is 28.9 Å². The first-order valence-corrected chi connectivity index (χ1v) is 8.07. The summed E-state index contributed by atoms with van der Waals surface area (Å²) >= 11 is 3.43. The zero-order valence-corrected chi connectivity index (χ0v) is 15.2. The van der Waals surface area contributed by atoms with Crippen LogP contribution in [0.5, 0.6) is 5.75 Å². The van der Waals surface area contributed by atoms with Gasteiger partial charge in [0.1, 0.15) is 18.0 Å². The number of rotatable bonds is 4. The summed E-state index contributed by atoms with van der Waals surface area (Å²) in [4.78, 5) is 11.7. The Bertz CT molecular complexity index is 701. The quantitative estimate of drug-likeness (QED) is 0.873. The Balaban J connectivity index is 1.98. The van der Waals surface area contributed by atoms with Crippen molar-refractivity contribution >= 4 is 32.9 Å². The van der Waals surface area contributed by atoms with E-state index in [1.165, 1.54) is 0 Å². The predicted octanol–water partition coefficient (Wildman–Crippen LogP) is 3.68. The van der Waals surface area contributed by atoms with Gasteiger partial charge in [-0.1, -0.05) is 15.9 Å². The predicted molar refractivity (Wildman–Crippen MR) is 91.6 cm³/mol. The Labute approximate surface area is 143 Å². The highest BCUT2D eigenvalue weighted by Crippen LogP contribution is 2.26. The smallest absolute Gasteiger partial charge is 0.407 e. The molecule has 1 atom stereocenters. The van der Waals surface area contributed by atoms with Crippen molar-refractivity contribution in [3.63, 3.8) is 0 Å². The molecular weight excluding hydrogens is 362 g/mol. The number of halogens is 1. The van der Waals surface area contributed by atoms with Gasteiger partial charge in [0.25, 0.3) is 0 Å². The van der Waals surface area contributed by atoms with Gasteiger partial charge in [-0.25, -0.2) is 4.79 Å². The summed E-state index contributed by atoms with van der Waals surface area (Å²) in [7, 11) is 0. The SMILES string of the molecule is CC(COc1cnnc2ccc(Br)cc12)NC(=O)OC(C)(C)C. The molecule has 0 aliphatic heterocycles. The maximum atomic E-state index is 11.7. The number of ether oxygens (including phenoxy) is 2. The number of fused-ring (bicyclic) bond motifs is 1. The molecule has 1 amide bonds. The number of hydrogen-bond donors (Lipinski definition) is 1. The van der Waals surface area contributed by atoms with E-state index >= 15 is 0 Å². The van der Waals surface area contributed by atoms with Gasteiger partial charge in [0.2, 0.25) is 0 Å². The first kappa shape index (κ1) is 17.5. The van der Waals surface area contributed by atoms with Gasteiger partial charge in [-0.3, -0.25) is 0 Å². The van der Waals surface area contributed by atoms with Gasteiger partial charge in [-0.05, 0) is 45.9 Å². The Morgan fingerprint density at radius 1 is 1.39 bits per heavy atom. The van der Waals surface area contributed by atoms with Crippen molar-refractivity contribution < 1.29 is 14.3 Å². The first-order chi connectivity index (χ1) is 10.7. The highest BCUT2D eigenvalue weighted by atomic mass is 79.9. The van der Waals surface area contributed by atoms with Gasteiger partial charge in [-0.2, -0.15) is 10.2 Å². The molecule has 0 fully saturated rings. The zero-order valence-electron chi connectivity index (χ0n) is 13.6. The van der Waals surface area contributed by atoms with Crippen LogP contribution in [-0.2, 0) is 4.74 Å². The lowest BCUT2D eigenvalue weighted by Gasteiger charge is -2.22. The summed E-state index contributed by atoms with van der Waals surface area (Å²) in [6.45, 7) is 7.60. The molecule has 1 unspecified atom stereocenters. The normalized spacial score (nSPS) is 12.7. The highest BCUT2D eigenvalue weighted by Gasteiger charge is 2.18. The van der Waals surface area contributed by atoms with Crippen LogP contribution in [0.2, 0.25) is 0 Å². The van der Waals surface area contributed by atoms with Gasteiger partial charge in [0.15, 0.2) is 0 Å². The number of carbonyl (C=O) groups excluding carboxylic acids is 1. The molecule has 0 radical (unpaired) electrons. The fraction of sp³-hybridized carbons (Fsp3) is 0.438. The average Bonchev–Trinajstić information content (AvgIpc) is 2.42. The molecule has 0 bridgehead atoms. The van der Waals surface area contributed by atoms with Gasteiger partial charge in [-0.15, -0.1) is 0 Å². The molecule has 23 heavy (non-hydrogen) atoms. The number of nitrogens with zero attached hydrogens (tertiary/aromatic N) is 2. The number of benzene rings is 1. The molecule has 0 saturated heterocycles. The Morgan fingerprint density at radius 2 is 2.13 bits per heavy atom. The number of nitrogens with one attached hydrogen (secondary N) is 1. The van der Waals surface area contributed by atoms with Crippen LogP contribution >= 0.6 is 15.9 Å². The molecule has 1 aromatic heterocycles. The lowest BCUT2D eigenvalue weighted by Crippen LogP contribution is -2.40. The van der Waals surface area contributed by atoms with Gasteiger partial charge in [0.05, 0.1) is 17.8 Å². The van der Waals surface area contributed by atoms with E-state index in [0.29, 0.717) is 12.4 Å². The first-order valence-electron chi connectivity index (χ1n) is 7.28. The van der Waals surface area contributed by atoms with Crippen molar-refractivity contribution in [1.29, 1.82) is 0 Å². The molecule has 2 rings (SSSR count). The topological polar surface area (TPSA) is 73.3 Å². The van der Waals surface area contributed by atoms with Gasteiger partial charge < -0.3 is 14.8 Å². The van der Waals surface area contributed by atoms with Crippen LogP contribution in [0, 0.1) is 0 Å². The van der Waals surface area contributed by atoms with Crippen LogP contribution < -0.4 is 10.1 Å². The van der Waals surface area contributed by atoms with Gasteiger partial charge >= 0.3 is 6.09 Å². The van der Waals surface area contributed by atoms with Crippen LogP contribution in [0.25, 0.3) is 10.9 Å². The Kier molecular flexibility index (Phi) is 5.41. The van der Waals surface area contributed by atoms with E-state index in [1.807, 2.05) is 45.9 Å². The standard InChI is InChI=1S/C16H20BrN3O3/c1-10(19-15(21)23-16(2,3)4)9-22-14-8-18-20-13-6-5-11(17)7-12(13)14/h5-8,10H,9H2,1-4H3,(H,19,21). The summed E-state index contributed by atoms with van der Waals surface area (Å²) in [5, 5.41) is 11.6. The number of aromatic nitrogens is 2. The minimum absolute atomic E-state index is 0.208. The van der Waals surface area contributed by atoms with Crippen LogP contribution in [0.4, 0.5) is 4.79 Å². The van der Waals surface area contributed by atoms with Crippen molar-refractivity contribution in [1.82, 2.24) is 15.5 Å². The average molecular weight is 382 g/mol. The maximum Gasteiger partial charge on any atom is 0.407 e. The summed E-state index contributed by atoms with van der Waals surface area (Å²) in [6.07, 6.45) is 1.10. The largest absolute Gasteiger partial charge is 0.489 e. The maximum absolute atomic E-state index is 11.7. The van der Waals surface area contributed by atoms with Crippen molar-refractivity contribution in [3.05, 3.63) is 28.9 Å². The third-order valence-corrected chi connectivity index (χ3v) is 3.31. The number of alkyl carbamates (subject to hydrolysis) is 1. The third kappa shape index (κ3) is 5.35. The van der Waals surface area contributed by atoms with E-state index in [0.717, 1.165) is 15.4 Å². The number of hydrogen-bond acceptors (Lipinski definition) is 5. The molecule has 7 heteroatoms. The molecule has 0 saturated carbocycles. The molecule has 1 heterocycles. The lowest BCUT2D eigenvalue weighted by molar-refractivity contribution is 0.0494. The molecule has 0 spiro atoms. The van der Waals surface area contributed by atoms with E-state index in [9.17, 15) is 4.79 Å². The minimum Gasteiger partial charge on any atom is -0.489 e. The van der Waals surface area contributed by atoms with Crippen LogP contribution in [0.3, 0.4) is 0 Å². The zero-order chi connectivity index (χ0) is 17.0. The van der Waals surface area contributed by atoms with Crippen molar-refractivity contribution in [2.75, 3.05) is 6.61 Å². The Hall–Kier alpha value is -1.89. The molecule has 0 aliphatic rings. The molecule has 2 aromatic rings. The summed E-state index contributed by atoms with van der Waals surface area (Å²) in [5.74, 6) is 0.620. The van der Waals surface area contributed by atoms with Crippen LogP contribution in [-0.4, -0.2) is 34.5 Å². The van der Waals surface area contributed by atoms with E-state index < -0.39 is 11.7 Å². The van der Waals surface area contributed by atoms with E-state index in [2.05, 4.69) is 31.4 Å². The Morgan fingerprint density at radius 3 is 2.83 bits per heavy atom. The fourth-order valence-electron chi connectivity index (χ4n) is 1.89. The second kappa shape index (κ2) is 7.12. The summed E-state index contributed by atoms with van der Waals surface area (Å²) in [6, 6.07) is 5.47. The van der Waals surface area contributed by atoms with Crippen molar-refractivity contribution in [3.8, 4) is 5.75 Å². The summed E-state index contributed by atoms with van der Waals surface area (Å²) < 4.78 is 11.9. The van der Waals surface area contributed by atoms with E-state index in [4.69, 9.17) is 9.47 Å². The van der Waals surface area contributed by atoms with Crippen molar-refractivity contribution in [2.24, 2.45) is 0 Å². The molecule has 124 valence electrons. The molecule has 1 N–H and O–H groups in total. The monoisotopic (exact) mass is 381 g/mol. The lowest BCUT2D eigenvalue weighted by atomic mass is 10.2. The van der Waals surface area contributed by atoms with E-state index in [-0.39, 0.29) is 6.04 Å². The molecular formula is C16H20BrN3O3. The van der Waals surface area contributed by atoms with Gasteiger partial charge in [0, 0.05) is 9.86 Å². The fourth-order valence-corrected chi connectivity index (χ4v) is 2.25. The number of carbonyl (C=O) groups is 1. The van der Waals surface area contributed by atoms with E-state index in [1.54, 1.807) is 6.20 Å². The van der Waals surface area contributed by atoms with Crippen LogP contribution in [0.1, 0.15) is 27.7 Å². The second-order valence-electron chi connectivity index (χ2n) is 6.23. The summed E-state index contributed by atoms with van der Waals surface area (Å²) in [5.41, 5.74) is 0.223. The second-order valence-corrected chi connectivity index (χ2v) is 7.14. The molecule has 1 aromatic carbocycles. The third-order valence-electron chi connectivity index (χ3n) is 2.82. The molecule has 6 nitrogen and oxygen atoms in total.